The number of aromatic nitrogens is 2. The van der Waals surface area contributed by atoms with Crippen LogP contribution in [0.25, 0.3) is 21.2 Å². The fourth-order valence-electron chi connectivity index (χ4n) is 4.03. The predicted molar refractivity (Wildman–Crippen MR) is 109 cm³/mol. The third-order valence-corrected chi connectivity index (χ3v) is 6.25. The molecule has 1 N–H and O–H groups in total. The molecule has 5 heteroatoms. The maximum absolute atomic E-state index is 11.0. The largest absolute Gasteiger partial charge is 0.507 e. The Labute approximate surface area is 161 Å². The smallest absolute Gasteiger partial charge is 0.128 e. The van der Waals surface area contributed by atoms with Gasteiger partial charge in [-0.1, -0.05) is 24.3 Å². The van der Waals surface area contributed by atoms with Gasteiger partial charge in [0.1, 0.15) is 12.1 Å². The molecule has 27 heavy (non-hydrogen) atoms. The summed E-state index contributed by atoms with van der Waals surface area (Å²) in [6.07, 6.45) is 4.98. The zero-order valence-corrected chi connectivity index (χ0v) is 15.8. The van der Waals surface area contributed by atoms with Gasteiger partial charge in [-0.25, -0.2) is 9.97 Å². The van der Waals surface area contributed by atoms with E-state index in [9.17, 15) is 5.11 Å². The molecular formula is C22H19N3OS. The lowest BCUT2D eigenvalue weighted by Gasteiger charge is -2.33. The van der Waals surface area contributed by atoms with Crippen molar-refractivity contribution in [3.63, 3.8) is 0 Å². The first-order valence-electron chi connectivity index (χ1n) is 8.96. The minimum Gasteiger partial charge on any atom is -0.507 e. The van der Waals surface area contributed by atoms with E-state index in [0.29, 0.717) is 5.75 Å². The van der Waals surface area contributed by atoms with Gasteiger partial charge in [-0.15, -0.1) is 11.3 Å². The molecule has 0 amide bonds. The Morgan fingerprint density at radius 3 is 2.81 bits per heavy atom. The molecule has 0 fully saturated rings. The number of thiophene rings is 1. The van der Waals surface area contributed by atoms with Gasteiger partial charge in [0, 0.05) is 52.8 Å². The van der Waals surface area contributed by atoms with Gasteiger partial charge < -0.3 is 10.0 Å². The number of hydrogen-bond acceptors (Lipinski definition) is 5. The SMILES string of the molecule is CN1Cc2c(ccc(-c3cncnc3)c2O)C(c2ccc3ccsc3c2)C1. The third-order valence-electron chi connectivity index (χ3n) is 5.37. The molecule has 2 aromatic carbocycles. The minimum absolute atomic E-state index is 0.247. The van der Waals surface area contributed by atoms with Crippen LogP contribution in [-0.4, -0.2) is 33.6 Å². The monoisotopic (exact) mass is 373 g/mol. The molecule has 0 saturated heterocycles. The first-order valence-corrected chi connectivity index (χ1v) is 9.84. The zero-order valence-electron chi connectivity index (χ0n) is 15.0. The van der Waals surface area contributed by atoms with E-state index in [1.54, 1.807) is 23.7 Å². The highest BCUT2D eigenvalue weighted by molar-refractivity contribution is 7.17. The maximum atomic E-state index is 11.0. The predicted octanol–water partition coefficient (Wildman–Crippen LogP) is 4.64. The lowest BCUT2D eigenvalue weighted by atomic mass is 9.83. The molecule has 1 unspecified atom stereocenters. The van der Waals surface area contributed by atoms with Crippen molar-refractivity contribution in [1.29, 1.82) is 0 Å². The summed E-state index contributed by atoms with van der Waals surface area (Å²) in [5.74, 6) is 0.591. The van der Waals surface area contributed by atoms with Crippen molar-refractivity contribution in [1.82, 2.24) is 14.9 Å². The van der Waals surface area contributed by atoms with Crippen molar-refractivity contribution in [2.24, 2.45) is 0 Å². The second kappa shape index (κ2) is 6.44. The zero-order chi connectivity index (χ0) is 18.4. The van der Waals surface area contributed by atoms with E-state index in [1.807, 2.05) is 6.07 Å². The molecule has 1 aliphatic rings. The van der Waals surface area contributed by atoms with Crippen molar-refractivity contribution >= 4 is 21.4 Å². The molecule has 1 atom stereocenters. The summed E-state index contributed by atoms with van der Waals surface area (Å²) in [6, 6.07) is 13.0. The summed E-state index contributed by atoms with van der Waals surface area (Å²) < 4.78 is 1.31. The Bertz CT molecular complexity index is 1120. The van der Waals surface area contributed by atoms with E-state index in [1.165, 1.54) is 27.5 Å². The van der Waals surface area contributed by atoms with Gasteiger partial charge in [0.25, 0.3) is 0 Å². The number of nitrogens with zero attached hydrogens (tertiary/aromatic N) is 3. The molecular weight excluding hydrogens is 354 g/mol. The molecule has 0 saturated carbocycles. The van der Waals surface area contributed by atoms with Gasteiger partial charge in [-0.2, -0.15) is 0 Å². The van der Waals surface area contributed by atoms with Crippen LogP contribution in [0.1, 0.15) is 22.6 Å². The van der Waals surface area contributed by atoms with Crippen LogP contribution in [0.4, 0.5) is 0 Å². The van der Waals surface area contributed by atoms with Crippen molar-refractivity contribution in [2.45, 2.75) is 12.5 Å². The Hall–Kier alpha value is -2.76. The van der Waals surface area contributed by atoms with Crippen molar-refractivity contribution in [3.05, 3.63) is 77.2 Å². The van der Waals surface area contributed by atoms with Gasteiger partial charge in [0.05, 0.1) is 0 Å². The molecule has 5 rings (SSSR count). The second-order valence-electron chi connectivity index (χ2n) is 7.12. The van der Waals surface area contributed by atoms with E-state index in [4.69, 9.17) is 0 Å². The number of hydrogen-bond donors (Lipinski definition) is 1. The van der Waals surface area contributed by atoms with E-state index >= 15 is 0 Å². The topological polar surface area (TPSA) is 49.2 Å². The van der Waals surface area contributed by atoms with Crippen LogP contribution in [0.5, 0.6) is 5.75 Å². The Balaban J connectivity index is 1.64. The summed E-state index contributed by atoms with van der Waals surface area (Å²) in [5, 5.41) is 14.5. The molecule has 0 bridgehead atoms. The molecule has 0 spiro atoms. The van der Waals surface area contributed by atoms with E-state index in [2.05, 4.69) is 57.6 Å². The number of rotatable bonds is 2. The Morgan fingerprint density at radius 1 is 1.11 bits per heavy atom. The molecule has 0 aliphatic carbocycles. The van der Waals surface area contributed by atoms with E-state index in [-0.39, 0.29) is 5.92 Å². The highest BCUT2D eigenvalue weighted by Crippen LogP contribution is 2.42. The van der Waals surface area contributed by atoms with Crippen LogP contribution in [0.2, 0.25) is 0 Å². The molecule has 0 radical (unpaired) electrons. The Kier molecular flexibility index (Phi) is 3.92. The lowest BCUT2D eigenvalue weighted by molar-refractivity contribution is 0.288. The number of phenolic OH excluding ortho intramolecular Hbond substituents is 1. The van der Waals surface area contributed by atoms with Gasteiger partial charge >= 0.3 is 0 Å². The molecule has 1 aliphatic heterocycles. The molecule has 4 aromatic rings. The van der Waals surface area contributed by atoms with E-state index in [0.717, 1.165) is 29.8 Å². The van der Waals surface area contributed by atoms with Crippen molar-refractivity contribution in [2.75, 3.05) is 13.6 Å². The fourth-order valence-corrected chi connectivity index (χ4v) is 4.87. The van der Waals surface area contributed by atoms with Crippen LogP contribution < -0.4 is 0 Å². The van der Waals surface area contributed by atoms with E-state index < -0.39 is 0 Å². The molecule has 134 valence electrons. The molecule has 3 heterocycles. The average molecular weight is 373 g/mol. The standard InChI is InChI=1S/C22H19N3OS/c1-25-11-19(15-3-2-14-6-7-27-21(14)8-15)18-5-4-17(22(26)20(18)12-25)16-9-23-13-24-10-16/h2-10,13,19,26H,11-12H2,1H3. The Morgan fingerprint density at radius 2 is 1.96 bits per heavy atom. The summed E-state index contributed by atoms with van der Waals surface area (Å²) in [7, 11) is 2.11. The van der Waals surface area contributed by atoms with Gasteiger partial charge in [-0.05, 0) is 41.1 Å². The highest BCUT2D eigenvalue weighted by Gasteiger charge is 2.28. The van der Waals surface area contributed by atoms with Gasteiger partial charge in [-0.3, -0.25) is 0 Å². The molecule has 2 aromatic heterocycles. The first-order chi connectivity index (χ1) is 13.2. The molecule has 4 nitrogen and oxygen atoms in total. The normalized spacial score (nSPS) is 17.1. The minimum atomic E-state index is 0.247. The summed E-state index contributed by atoms with van der Waals surface area (Å²) in [5.41, 5.74) is 5.14. The van der Waals surface area contributed by atoms with Crippen LogP contribution in [0, 0.1) is 0 Å². The average Bonchev–Trinajstić information content (AvgIpc) is 3.17. The fraction of sp³-hybridized carbons (Fsp3) is 0.182. The van der Waals surface area contributed by atoms with Crippen LogP contribution >= 0.6 is 11.3 Å². The summed E-state index contributed by atoms with van der Waals surface area (Å²) in [6.45, 7) is 1.68. The number of likely N-dealkylation sites (N-methyl/N-ethyl adjacent to an activating group) is 1. The first kappa shape index (κ1) is 16.4. The maximum Gasteiger partial charge on any atom is 0.128 e. The van der Waals surface area contributed by atoms with Crippen LogP contribution in [0.3, 0.4) is 0 Å². The van der Waals surface area contributed by atoms with Gasteiger partial charge in [0.2, 0.25) is 0 Å². The number of fused-ring (bicyclic) bond motifs is 2. The van der Waals surface area contributed by atoms with Crippen molar-refractivity contribution in [3.8, 4) is 16.9 Å². The number of aromatic hydroxyl groups is 1. The quantitative estimate of drug-likeness (QED) is 0.556. The highest BCUT2D eigenvalue weighted by atomic mass is 32.1. The number of phenols is 1. The second-order valence-corrected chi connectivity index (χ2v) is 8.07. The van der Waals surface area contributed by atoms with Crippen LogP contribution in [0.15, 0.2) is 60.5 Å². The summed E-state index contributed by atoms with van der Waals surface area (Å²) in [4.78, 5) is 10.4. The van der Waals surface area contributed by atoms with Crippen LogP contribution in [-0.2, 0) is 6.54 Å². The third kappa shape index (κ3) is 2.80. The number of benzene rings is 2. The van der Waals surface area contributed by atoms with Crippen molar-refractivity contribution < 1.29 is 5.11 Å². The lowest BCUT2D eigenvalue weighted by Crippen LogP contribution is -2.31. The van der Waals surface area contributed by atoms with Gasteiger partial charge in [0.15, 0.2) is 0 Å². The summed E-state index contributed by atoms with van der Waals surface area (Å²) >= 11 is 1.77.